The van der Waals surface area contributed by atoms with E-state index in [4.69, 9.17) is 9.47 Å². The number of hydrogen-bond donors (Lipinski definition) is 1. The summed E-state index contributed by atoms with van der Waals surface area (Å²) in [5.74, 6) is 1.16. The van der Waals surface area contributed by atoms with E-state index in [1.165, 1.54) is 16.9 Å². The summed E-state index contributed by atoms with van der Waals surface area (Å²) in [7, 11) is 0. The van der Waals surface area contributed by atoms with Gasteiger partial charge in [0.2, 0.25) is 0 Å². The van der Waals surface area contributed by atoms with Crippen LogP contribution in [0.15, 0.2) is 42.5 Å². The molecule has 5 nitrogen and oxygen atoms in total. The largest absolute Gasteiger partial charge is 0.492 e. The van der Waals surface area contributed by atoms with Gasteiger partial charge in [-0.3, -0.25) is 10.1 Å². The van der Waals surface area contributed by atoms with E-state index >= 15 is 0 Å². The van der Waals surface area contributed by atoms with Crippen molar-refractivity contribution in [2.45, 2.75) is 20.3 Å². The predicted octanol–water partition coefficient (Wildman–Crippen LogP) is 4.27. The molecule has 0 bridgehead atoms. The number of benzene rings is 2. The number of nitrogens with zero attached hydrogens (tertiary/aromatic N) is 1. The molecule has 0 aliphatic rings. The number of ether oxygens (including phenoxy) is 2. The van der Waals surface area contributed by atoms with Gasteiger partial charge < -0.3 is 9.47 Å². The van der Waals surface area contributed by atoms with Crippen molar-refractivity contribution in [1.29, 1.82) is 0 Å². The molecular weight excluding hydrogens is 336 g/mol. The van der Waals surface area contributed by atoms with Gasteiger partial charge in [-0.2, -0.15) is 0 Å². The predicted molar refractivity (Wildman–Crippen MR) is 101 cm³/mol. The van der Waals surface area contributed by atoms with E-state index in [1.807, 2.05) is 49.4 Å². The number of nitrogens with one attached hydrogen (secondary N) is 1. The quantitative estimate of drug-likeness (QED) is 0.686. The molecule has 0 saturated heterocycles. The number of carbonyl (C=O) groups excluding carboxylic acids is 1. The number of aromatic nitrogens is 1. The van der Waals surface area contributed by atoms with Crippen molar-refractivity contribution in [3.8, 4) is 11.5 Å². The molecule has 3 rings (SSSR count). The van der Waals surface area contributed by atoms with E-state index in [0.717, 1.165) is 22.4 Å². The molecule has 0 aliphatic carbocycles. The Labute approximate surface area is 150 Å². The van der Waals surface area contributed by atoms with E-state index < -0.39 is 0 Å². The first-order valence-electron chi connectivity index (χ1n) is 8.23. The zero-order chi connectivity index (χ0) is 17.6. The molecule has 3 aromatic rings. The fourth-order valence-electron chi connectivity index (χ4n) is 2.37. The molecule has 1 N–H and O–H groups in total. The minimum absolute atomic E-state index is 0.0558. The van der Waals surface area contributed by atoms with Gasteiger partial charge in [0.05, 0.1) is 11.3 Å². The number of amides is 1. The molecule has 0 fully saturated rings. The molecule has 0 spiro atoms. The maximum atomic E-state index is 12.1. The second kappa shape index (κ2) is 7.98. The molecular formula is C19H20N2O3S. The van der Waals surface area contributed by atoms with Gasteiger partial charge >= 0.3 is 0 Å². The zero-order valence-electron chi connectivity index (χ0n) is 14.2. The minimum atomic E-state index is -0.239. The highest BCUT2D eigenvalue weighted by molar-refractivity contribution is 7.22. The molecule has 6 heteroatoms. The Morgan fingerprint density at radius 3 is 2.64 bits per heavy atom. The summed E-state index contributed by atoms with van der Waals surface area (Å²) in [5.41, 5.74) is 2.00. The van der Waals surface area contributed by atoms with Crippen LogP contribution in [0.4, 0.5) is 5.13 Å². The molecule has 1 heterocycles. The number of thiazole rings is 1. The molecule has 130 valence electrons. The van der Waals surface area contributed by atoms with Crippen molar-refractivity contribution in [2.24, 2.45) is 0 Å². The van der Waals surface area contributed by atoms with Crippen molar-refractivity contribution < 1.29 is 14.3 Å². The van der Waals surface area contributed by atoms with E-state index in [2.05, 4.69) is 17.2 Å². The molecule has 25 heavy (non-hydrogen) atoms. The number of rotatable bonds is 7. The maximum absolute atomic E-state index is 12.1. The fraction of sp³-hybridized carbons (Fsp3) is 0.263. The molecule has 0 unspecified atom stereocenters. The van der Waals surface area contributed by atoms with Crippen LogP contribution >= 0.6 is 11.3 Å². The molecule has 0 saturated carbocycles. The number of fused-ring (bicyclic) bond motifs is 1. The Morgan fingerprint density at radius 2 is 1.92 bits per heavy atom. The van der Waals surface area contributed by atoms with Crippen LogP contribution < -0.4 is 14.8 Å². The zero-order valence-corrected chi connectivity index (χ0v) is 15.1. The highest BCUT2D eigenvalue weighted by Crippen LogP contribution is 2.32. The SMILES string of the molecule is CCOc1cccc2sc(NC(=O)COc3ccc(CC)cc3)nc12. The van der Waals surface area contributed by atoms with Crippen LogP contribution in [0.25, 0.3) is 10.2 Å². The van der Waals surface area contributed by atoms with Gasteiger partial charge in [-0.15, -0.1) is 0 Å². The van der Waals surface area contributed by atoms with Crippen LogP contribution in [-0.2, 0) is 11.2 Å². The van der Waals surface area contributed by atoms with E-state index in [0.29, 0.717) is 17.5 Å². The van der Waals surface area contributed by atoms with Crippen molar-refractivity contribution >= 4 is 32.6 Å². The molecule has 0 radical (unpaired) electrons. The van der Waals surface area contributed by atoms with E-state index in [-0.39, 0.29) is 12.5 Å². The number of para-hydroxylation sites is 1. The van der Waals surface area contributed by atoms with Gasteiger partial charge in [0.25, 0.3) is 5.91 Å². The van der Waals surface area contributed by atoms with Gasteiger partial charge in [-0.25, -0.2) is 4.98 Å². The van der Waals surface area contributed by atoms with Crippen LogP contribution in [0.5, 0.6) is 11.5 Å². The van der Waals surface area contributed by atoms with Crippen LogP contribution in [0.1, 0.15) is 19.4 Å². The first-order valence-corrected chi connectivity index (χ1v) is 9.05. The third kappa shape index (κ3) is 4.28. The molecule has 1 aromatic heterocycles. The van der Waals surface area contributed by atoms with Gasteiger partial charge in [0.1, 0.15) is 17.0 Å². The fourth-order valence-corrected chi connectivity index (χ4v) is 3.27. The topological polar surface area (TPSA) is 60.5 Å². The lowest BCUT2D eigenvalue weighted by atomic mass is 10.2. The van der Waals surface area contributed by atoms with Crippen LogP contribution in [0.2, 0.25) is 0 Å². The Hall–Kier alpha value is -2.60. The smallest absolute Gasteiger partial charge is 0.264 e. The highest BCUT2D eigenvalue weighted by Gasteiger charge is 2.11. The summed E-state index contributed by atoms with van der Waals surface area (Å²) in [5, 5.41) is 3.32. The van der Waals surface area contributed by atoms with Crippen molar-refractivity contribution in [1.82, 2.24) is 4.98 Å². The monoisotopic (exact) mass is 356 g/mol. The summed E-state index contributed by atoms with van der Waals surface area (Å²) < 4.78 is 12.1. The lowest BCUT2D eigenvalue weighted by molar-refractivity contribution is -0.118. The summed E-state index contributed by atoms with van der Waals surface area (Å²) in [4.78, 5) is 16.6. The molecule has 2 aromatic carbocycles. The van der Waals surface area contributed by atoms with Gasteiger partial charge in [-0.05, 0) is 43.2 Å². The lowest BCUT2D eigenvalue weighted by Gasteiger charge is -2.06. The summed E-state index contributed by atoms with van der Waals surface area (Å²) in [6, 6.07) is 13.5. The van der Waals surface area contributed by atoms with Crippen LogP contribution in [-0.4, -0.2) is 24.1 Å². The van der Waals surface area contributed by atoms with Crippen molar-refractivity contribution in [3.63, 3.8) is 0 Å². The van der Waals surface area contributed by atoms with Crippen molar-refractivity contribution in [3.05, 3.63) is 48.0 Å². The molecule has 1 amide bonds. The summed E-state index contributed by atoms with van der Waals surface area (Å²) in [6.45, 7) is 4.54. The average molecular weight is 356 g/mol. The van der Waals surface area contributed by atoms with E-state index in [1.54, 1.807) is 0 Å². The number of carbonyl (C=O) groups is 1. The summed E-state index contributed by atoms with van der Waals surface area (Å²) >= 11 is 1.41. The first-order chi connectivity index (χ1) is 12.2. The van der Waals surface area contributed by atoms with Gasteiger partial charge in [0.15, 0.2) is 11.7 Å². The normalized spacial score (nSPS) is 10.6. The third-order valence-corrected chi connectivity index (χ3v) is 4.57. The van der Waals surface area contributed by atoms with E-state index in [9.17, 15) is 4.79 Å². The van der Waals surface area contributed by atoms with Gasteiger partial charge in [0, 0.05) is 0 Å². The Morgan fingerprint density at radius 1 is 1.12 bits per heavy atom. The second-order valence-electron chi connectivity index (χ2n) is 5.39. The number of aryl methyl sites for hydroxylation is 1. The first kappa shape index (κ1) is 17.2. The second-order valence-corrected chi connectivity index (χ2v) is 6.42. The van der Waals surface area contributed by atoms with Gasteiger partial charge in [-0.1, -0.05) is 36.5 Å². The standard InChI is InChI=1S/C19H20N2O3S/c1-3-13-8-10-14(11-9-13)24-12-17(22)20-19-21-18-15(23-4-2)6-5-7-16(18)25-19/h5-11H,3-4,12H2,1-2H3,(H,20,21,22). The summed E-state index contributed by atoms with van der Waals surface area (Å²) in [6.07, 6.45) is 0.974. The van der Waals surface area contributed by atoms with Crippen LogP contribution in [0.3, 0.4) is 0 Å². The Bertz CT molecular complexity index is 859. The Kier molecular flexibility index (Phi) is 5.50. The lowest BCUT2D eigenvalue weighted by Crippen LogP contribution is -2.20. The maximum Gasteiger partial charge on any atom is 0.264 e. The number of anilines is 1. The Balaban J connectivity index is 1.62. The molecule has 0 aliphatic heterocycles. The van der Waals surface area contributed by atoms with Crippen LogP contribution in [0, 0.1) is 0 Å². The number of hydrogen-bond acceptors (Lipinski definition) is 5. The minimum Gasteiger partial charge on any atom is -0.492 e. The average Bonchev–Trinajstić information content (AvgIpc) is 3.04. The highest BCUT2D eigenvalue weighted by atomic mass is 32.1. The van der Waals surface area contributed by atoms with Crippen molar-refractivity contribution in [2.75, 3.05) is 18.5 Å². The third-order valence-electron chi connectivity index (χ3n) is 3.63. The molecule has 0 atom stereocenters.